The fourth-order valence-corrected chi connectivity index (χ4v) is 3.65. The first-order valence-electron chi connectivity index (χ1n) is 8.39. The molecule has 4 rings (SSSR count). The van der Waals surface area contributed by atoms with E-state index in [4.69, 9.17) is 4.74 Å². The number of aromatic nitrogens is 1. The van der Waals surface area contributed by atoms with E-state index in [-0.39, 0.29) is 18.1 Å². The summed E-state index contributed by atoms with van der Waals surface area (Å²) in [5.74, 6) is -0.314. The van der Waals surface area contributed by atoms with Crippen LogP contribution in [0.25, 0.3) is 0 Å². The average molecular weight is 319 g/mol. The molecule has 0 N–H and O–H groups in total. The van der Waals surface area contributed by atoms with Crippen LogP contribution in [0.5, 0.6) is 0 Å². The van der Waals surface area contributed by atoms with Gasteiger partial charge in [0.15, 0.2) is 5.67 Å². The van der Waals surface area contributed by atoms with Gasteiger partial charge in [-0.05, 0) is 37.0 Å². The van der Waals surface area contributed by atoms with Gasteiger partial charge in [0, 0.05) is 38.6 Å². The van der Waals surface area contributed by atoms with Crippen molar-refractivity contribution in [3.05, 3.63) is 30.1 Å². The SMILES string of the molecule is O=C(N1CC[C@@H]2OCCN(Cc3ccncc3)[C@H]2C1)C1(F)CC1. The monoisotopic (exact) mass is 319 g/mol. The van der Waals surface area contributed by atoms with Gasteiger partial charge in [0.2, 0.25) is 0 Å². The highest BCUT2D eigenvalue weighted by atomic mass is 19.1. The molecule has 2 atom stereocenters. The zero-order valence-electron chi connectivity index (χ0n) is 13.2. The van der Waals surface area contributed by atoms with Crippen molar-refractivity contribution in [2.45, 2.75) is 43.6 Å². The number of alkyl halides is 1. The molecule has 3 fully saturated rings. The Bertz CT molecular complexity index is 578. The largest absolute Gasteiger partial charge is 0.375 e. The van der Waals surface area contributed by atoms with Crippen LogP contribution >= 0.6 is 0 Å². The summed E-state index contributed by atoms with van der Waals surface area (Å²) in [6, 6.07) is 4.17. The van der Waals surface area contributed by atoms with Crippen molar-refractivity contribution in [3.63, 3.8) is 0 Å². The number of nitrogens with zero attached hydrogens (tertiary/aromatic N) is 3. The Morgan fingerprint density at radius 1 is 1.35 bits per heavy atom. The summed E-state index contributed by atoms with van der Waals surface area (Å²) < 4.78 is 20.0. The number of hydrogen-bond acceptors (Lipinski definition) is 4. The minimum atomic E-state index is -1.57. The van der Waals surface area contributed by atoms with Crippen LogP contribution in [0.3, 0.4) is 0 Å². The van der Waals surface area contributed by atoms with Crippen LogP contribution in [0.15, 0.2) is 24.5 Å². The Morgan fingerprint density at radius 2 is 2.13 bits per heavy atom. The summed E-state index contributed by atoms with van der Waals surface area (Å²) in [7, 11) is 0. The van der Waals surface area contributed by atoms with Gasteiger partial charge in [0.05, 0.1) is 18.8 Å². The van der Waals surface area contributed by atoms with E-state index >= 15 is 0 Å². The molecule has 124 valence electrons. The molecule has 5 nitrogen and oxygen atoms in total. The Kier molecular flexibility index (Phi) is 3.81. The van der Waals surface area contributed by atoms with Gasteiger partial charge in [-0.1, -0.05) is 0 Å². The van der Waals surface area contributed by atoms with Crippen molar-refractivity contribution in [3.8, 4) is 0 Å². The van der Waals surface area contributed by atoms with Crippen molar-refractivity contribution >= 4 is 5.91 Å². The van der Waals surface area contributed by atoms with E-state index in [2.05, 4.69) is 9.88 Å². The van der Waals surface area contributed by atoms with Crippen molar-refractivity contribution in [2.75, 3.05) is 26.2 Å². The lowest BCUT2D eigenvalue weighted by Crippen LogP contribution is -2.61. The van der Waals surface area contributed by atoms with E-state index in [1.807, 2.05) is 12.1 Å². The zero-order chi connectivity index (χ0) is 15.9. The van der Waals surface area contributed by atoms with Gasteiger partial charge in [-0.25, -0.2) is 4.39 Å². The predicted molar refractivity (Wildman–Crippen MR) is 82.4 cm³/mol. The van der Waals surface area contributed by atoms with Crippen LogP contribution in [0, 0.1) is 0 Å². The predicted octanol–water partition coefficient (Wildman–Crippen LogP) is 1.39. The van der Waals surface area contributed by atoms with Crippen molar-refractivity contribution in [1.29, 1.82) is 0 Å². The second-order valence-electron chi connectivity index (χ2n) is 6.81. The first-order chi connectivity index (χ1) is 11.2. The van der Waals surface area contributed by atoms with Gasteiger partial charge < -0.3 is 9.64 Å². The summed E-state index contributed by atoms with van der Waals surface area (Å²) in [6.07, 6.45) is 5.29. The van der Waals surface area contributed by atoms with Gasteiger partial charge >= 0.3 is 0 Å². The minimum absolute atomic E-state index is 0.143. The molecule has 3 aliphatic rings. The molecule has 0 bridgehead atoms. The molecular formula is C17H22FN3O2. The lowest BCUT2D eigenvalue weighted by Gasteiger charge is -2.47. The quantitative estimate of drug-likeness (QED) is 0.844. The third-order valence-electron chi connectivity index (χ3n) is 5.19. The summed E-state index contributed by atoms with van der Waals surface area (Å²) in [5, 5.41) is 0. The molecule has 23 heavy (non-hydrogen) atoms. The Hall–Kier alpha value is -1.53. The van der Waals surface area contributed by atoms with E-state index in [0.29, 0.717) is 32.5 Å². The van der Waals surface area contributed by atoms with Crippen molar-refractivity contribution in [1.82, 2.24) is 14.8 Å². The first-order valence-corrected chi connectivity index (χ1v) is 8.39. The standard InChI is InChI=1S/C17H22FN3O2/c18-17(4-5-17)16(22)21-8-3-15-14(12-21)20(9-10-23-15)11-13-1-6-19-7-2-13/h1-2,6-7,14-15H,3-5,8-12H2/t14-,15-/m0/s1. The number of carbonyl (C=O) groups excluding carboxylic acids is 1. The minimum Gasteiger partial charge on any atom is -0.375 e. The van der Waals surface area contributed by atoms with Gasteiger partial charge in [0.1, 0.15) is 0 Å². The van der Waals surface area contributed by atoms with Crippen molar-refractivity contribution in [2.24, 2.45) is 0 Å². The number of pyridine rings is 1. The summed E-state index contributed by atoms with van der Waals surface area (Å²) >= 11 is 0. The van der Waals surface area contributed by atoms with E-state index in [1.54, 1.807) is 17.3 Å². The number of rotatable bonds is 3. The molecule has 6 heteroatoms. The second-order valence-corrected chi connectivity index (χ2v) is 6.81. The third kappa shape index (κ3) is 2.97. The van der Waals surface area contributed by atoms with E-state index in [0.717, 1.165) is 19.5 Å². The van der Waals surface area contributed by atoms with Crippen LogP contribution in [0.1, 0.15) is 24.8 Å². The highest BCUT2D eigenvalue weighted by Gasteiger charge is 2.54. The number of amides is 1. The van der Waals surface area contributed by atoms with E-state index in [1.165, 1.54) is 5.56 Å². The molecule has 0 spiro atoms. The smallest absolute Gasteiger partial charge is 0.260 e. The average Bonchev–Trinajstić information content (AvgIpc) is 3.34. The van der Waals surface area contributed by atoms with Crippen molar-refractivity contribution < 1.29 is 13.9 Å². The number of fused-ring (bicyclic) bond motifs is 1. The molecule has 0 radical (unpaired) electrons. The summed E-state index contributed by atoms with van der Waals surface area (Å²) in [5.41, 5.74) is -0.369. The maximum absolute atomic E-state index is 14.1. The molecule has 1 aliphatic carbocycles. The van der Waals surface area contributed by atoms with Gasteiger partial charge in [-0.2, -0.15) is 0 Å². The molecule has 2 aliphatic heterocycles. The van der Waals surface area contributed by atoms with Gasteiger partial charge in [-0.3, -0.25) is 14.7 Å². The van der Waals surface area contributed by atoms with Crippen LogP contribution < -0.4 is 0 Å². The number of ether oxygens (including phenoxy) is 1. The summed E-state index contributed by atoms with van der Waals surface area (Å²) in [4.78, 5) is 20.4. The number of likely N-dealkylation sites (tertiary alicyclic amines) is 1. The molecule has 1 aromatic rings. The molecule has 1 aromatic heterocycles. The highest BCUT2D eigenvalue weighted by Crippen LogP contribution is 2.42. The third-order valence-corrected chi connectivity index (χ3v) is 5.19. The lowest BCUT2D eigenvalue weighted by atomic mass is 9.97. The maximum atomic E-state index is 14.1. The van der Waals surface area contributed by atoms with E-state index < -0.39 is 5.67 Å². The number of carbonyl (C=O) groups is 1. The normalized spacial score (nSPS) is 29.9. The first kappa shape index (κ1) is 15.0. The molecule has 0 unspecified atom stereocenters. The summed E-state index contributed by atoms with van der Waals surface area (Å²) in [6.45, 7) is 3.55. The fourth-order valence-electron chi connectivity index (χ4n) is 3.65. The Labute approximate surface area is 135 Å². The molecule has 3 heterocycles. The molecule has 1 amide bonds. The Morgan fingerprint density at radius 3 is 2.87 bits per heavy atom. The van der Waals surface area contributed by atoms with Gasteiger partial charge in [0.25, 0.3) is 5.91 Å². The van der Waals surface area contributed by atoms with Gasteiger partial charge in [-0.15, -0.1) is 0 Å². The molecule has 1 saturated carbocycles. The highest BCUT2D eigenvalue weighted by molar-refractivity contribution is 5.88. The maximum Gasteiger partial charge on any atom is 0.260 e. The lowest BCUT2D eigenvalue weighted by molar-refractivity contribution is -0.149. The number of hydrogen-bond donors (Lipinski definition) is 0. The number of halogens is 1. The van der Waals surface area contributed by atoms with E-state index in [9.17, 15) is 9.18 Å². The van der Waals surface area contributed by atoms with Crippen LogP contribution in [0.2, 0.25) is 0 Å². The number of morpholine rings is 1. The fraction of sp³-hybridized carbons (Fsp3) is 0.647. The van der Waals surface area contributed by atoms with Crippen LogP contribution in [-0.4, -0.2) is 64.7 Å². The second kappa shape index (κ2) is 5.83. The number of piperidine rings is 1. The topological polar surface area (TPSA) is 45.7 Å². The van der Waals surface area contributed by atoms with Crippen LogP contribution in [0.4, 0.5) is 4.39 Å². The molecular weight excluding hydrogens is 297 g/mol. The van der Waals surface area contributed by atoms with Crippen LogP contribution in [-0.2, 0) is 16.1 Å². The molecule has 2 saturated heterocycles. The molecule has 0 aromatic carbocycles. The zero-order valence-corrected chi connectivity index (χ0v) is 13.2. The Balaban J connectivity index is 1.47.